The van der Waals surface area contributed by atoms with Crippen LogP contribution >= 0.6 is 0 Å². The minimum atomic E-state index is -4.49. The lowest BCUT2D eigenvalue weighted by Crippen LogP contribution is -2.17. The summed E-state index contributed by atoms with van der Waals surface area (Å²) in [6.07, 6.45) is 0.298. The van der Waals surface area contributed by atoms with Crippen molar-refractivity contribution in [2.24, 2.45) is 0 Å². The van der Waals surface area contributed by atoms with Crippen LogP contribution in [0.1, 0.15) is 40.0 Å². The molecule has 1 atom stereocenters. The maximum Gasteiger partial charge on any atom is 0.416 e. The van der Waals surface area contributed by atoms with Crippen LogP contribution in [0.2, 0.25) is 0 Å². The van der Waals surface area contributed by atoms with E-state index in [0.717, 1.165) is 6.07 Å². The van der Waals surface area contributed by atoms with Gasteiger partial charge >= 0.3 is 6.18 Å². The van der Waals surface area contributed by atoms with Crippen molar-refractivity contribution in [3.8, 4) is 0 Å². The quantitative estimate of drug-likeness (QED) is 0.855. The standard InChI is InChI=1S/C15H14F3N3O/c1-9(21-4-3-19-8-21)10-5-11-12(7-20(2)14(11)22)13(6-10)15(16,17)18/h3-6,8-9H,7H2,1-2H3. The lowest BCUT2D eigenvalue weighted by molar-refractivity contribution is -0.138. The Kier molecular flexibility index (Phi) is 3.23. The van der Waals surface area contributed by atoms with E-state index in [9.17, 15) is 18.0 Å². The van der Waals surface area contributed by atoms with E-state index in [1.807, 2.05) is 0 Å². The number of benzene rings is 1. The Morgan fingerprint density at radius 3 is 2.64 bits per heavy atom. The van der Waals surface area contributed by atoms with Gasteiger partial charge in [-0.2, -0.15) is 13.2 Å². The van der Waals surface area contributed by atoms with E-state index >= 15 is 0 Å². The predicted octanol–water partition coefficient (Wildman–Crippen LogP) is 3.10. The van der Waals surface area contributed by atoms with Crippen molar-refractivity contribution >= 4 is 5.91 Å². The number of rotatable bonds is 2. The molecule has 4 nitrogen and oxygen atoms in total. The van der Waals surface area contributed by atoms with Crippen LogP contribution in [0.3, 0.4) is 0 Å². The lowest BCUT2D eigenvalue weighted by atomic mass is 9.96. The van der Waals surface area contributed by atoms with Gasteiger partial charge in [0.2, 0.25) is 0 Å². The zero-order valence-corrected chi connectivity index (χ0v) is 12.1. The van der Waals surface area contributed by atoms with E-state index in [1.54, 1.807) is 36.3 Å². The van der Waals surface area contributed by atoms with E-state index in [1.165, 1.54) is 11.9 Å². The first-order valence-electron chi connectivity index (χ1n) is 6.76. The molecule has 1 unspecified atom stereocenters. The number of halogens is 3. The summed E-state index contributed by atoms with van der Waals surface area (Å²) >= 11 is 0. The summed E-state index contributed by atoms with van der Waals surface area (Å²) in [4.78, 5) is 17.3. The summed E-state index contributed by atoms with van der Waals surface area (Å²) in [6.45, 7) is 1.76. The number of alkyl halides is 3. The van der Waals surface area contributed by atoms with Crippen LogP contribution in [0, 0.1) is 0 Å². The molecule has 2 aromatic rings. The van der Waals surface area contributed by atoms with Crippen molar-refractivity contribution in [2.45, 2.75) is 25.7 Å². The van der Waals surface area contributed by atoms with Gasteiger partial charge in [-0.3, -0.25) is 4.79 Å². The summed E-state index contributed by atoms with van der Waals surface area (Å²) in [5, 5.41) is 0. The molecule has 7 heteroatoms. The molecule has 3 rings (SSSR count). The molecule has 0 bridgehead atoms. The summed E-state index contributed by atoms with van der Waals surface area (Å²) in [6, 6.07) is 2.35. The van der Waals surface area contributed by atoms with E-state index in [-0.39, 0.29) is 29.6 Å². The normalized spacial score (nSPS) is 16.0. The van der Waals surface area contributed by atoms with Gasteiger partial charge in [0.15, 0.2) is 0 Å². The minimum Gasteiger partial charge on any atom is -0.337 e. The maximum atomic E-state index is 13.3. The molecule has 0 N–H and O–H groups in total. The second-order valence-electron chi connectivity index (χ2n) is 5.44. The molecular weight excluding hydrogens is 295 g/mol. The SMILES string of the molecule is CC(c1cc2c(c(C(F)(F)F)c1)CN(C)C2=O)n1ccnc1. The Labute approximate surface area is 125 Å². The molecular formula is C15H14F3N3O. The first-order chi connectivity index (χ1) is 10.3. The Morgan fingerprint density at radius 2 is 2.05 bits per heavy atom. The molecule has 0 saturated carbocycles. The van der Waals surface area contributed by atoms with Crippen LogP contribution in [0.4, 0.5) is 13.2 Å². The Balaban J connectivity index is 2.16. The van der Waals surface area contributed by atoms with Gasteiger partial charge in [0.05, 0.1) is 17.9 Å². The average Bonchev–Trinajstić information content (AvgIpc) is 3.06. The number of hydrogen-bond donors (Lipinski definition) is 0. The van der Waals surface area contributed by atoms with Crippen molar-refractivity contribution in [1.29, 1.82) is 0 Å². The number of carbonyl (C=O) groups excluding carboxylic acids is 1. The molecule has 0 spiro atoms. The molecule has 116 valence electrons. The van der Waals surface area contributed by atoms with Crippen molar-refractivity contribution in [3.63, 3.8) is 0 Å². The molecule has 0 saturated heterocycles. The largest absolute Gasteiger partial charge is 0.416 e. The van der Waals surface area contributed by atoms with Crippen LogP contribution in [0.25, 0.3) is 0 Å². The van der Waals surface area contributed by atoms with Crippen LogP contribution < -0.4 is 0 Å². The fourth-order valence-electron chi connectivity index (χ4n) is 2.73. The number of carbonyl (C=O) groups is 1. The van der Waals surface area contributed by atoms with Crippen LogP contribution in [-0.2, 0) is 12.7 Å². The highest BCUT2D eigenvalue weighted by Crippen LogP contribution is 2.39. The van der Waals surface area contributed by atoms with Crippen molar-refractivity contribution < 1.29 is 18.0 Å². The number of hydrogen-bond acceptors (Lipinski definition) is 2. The molecule has 0 fully saturated rings. The fraction of sp³-hybridized carbons (Fsp3) is 0.333. The summed E-state index contributed by atoms with van der Waals surface area (Å²) in [7, 11) is 1.50. The van der Waals surface area contributed by atoms with Crippen molar-refractivity contribution in [1.82, 2.24) is 14.5 Å². The molecule has 1 amide bonds. The third-order valence-electron chi connectivity index (χ3n) is 4.00. The van der Waals surface area contributed by atoms with Gasteiger partial charge in [-0.15, -0.1) is 0 Å². The van der Waals surface area contributed by atoms with E-state index in [0.29, 0.717) is 5.56 Å². The zero-order valence-electron chi connectivity index (χ0n) is 12.1. The van der Waals surface area contributed by atoms with Crippen LogP contribution in [-0.4, -0.2) is 27.4 Å². The number of imidazole rings is 1. The monoisotopic (exact) mass is 309 g/mol. The third-order valence-corrected chi connectivity index (χ3v) is 4.00. The van der Waals surface area contributed by atoms with Crippen LogP contribution in [0.5, 0.6) is 0 Å². The molecule has 0 radical (unpaired) electrons. The molecule has 22 heavy (non-hydrogen) atoms. The van der Waals surface area contributed by atoms with Crippen molar-refractivity contribution in [2.75, 3.05) is 7.05 Å². The van der Waals surface area contributed by atoms with Gasteiger partial charge in [0.25, 0.3) is 5.91 Å². The molecule has 2 heterocycles. The molecule has 1 aliphatic rings. The highest BCUT2D eigenvalue weighted by molar-refractivity contribution is 5.98. The number of fused-ring (bicyclic) bond motifs is 1. The molecule has 1 aromatic carbocycles. The summed E-state index contributed by atoms with van der Waals surface area (Å²) in [5.74, 6) is -0.375. The number of nitrogens with zero attached hydrogens (tertiary/aromatic N) is 3. The lowest BCUT2D eigenvalue weighted by Gasteiger charge is -2.18. The number of amides is 1. The molecule has 0 aliphatic carbocycles. The maximum absolute atomic E-state index is 13.3. The summed E-state index contributed by atoms with van der Waals surface area (Å²) in [5.41, 5.74) is -0.0988. The highest BCUT2D eigenvalue weighted by Gasteiger charge is 2.39. The topological polar surface area (TPSA) is 38.1 Å². The van der Waals surface area contributed by atoms with Gasteiger partial charge in [0.1, 0.15) is 0 Å². The second kappa shape index (κ2) is 4.86. The van der Waals surface area contributed by atoms with E-state index in [2.05, 4.69) is 4.98 Å². The van der Waals surface area contributed by atoms with Gasteiger partial charge in [-0.25, -0.2) is 4.98 Å². The smallest absolute Gasteiger partial charge is 0.337 e. The average molecular weight is 309 g/mol. The first kappa shape index (κ1) is 14.6. The van der Waals surface area contributed by atoms with Gasteiger partial charge in [0, 0.05) is 31.5 Å². The van der Waals surface area contributed by atoms with Gasteiger partial charge < -0.3 is 9.47 Å². The van der Waals surface area contributed by atoms with E-state index in [4.69, 9.17) is 0 Å². The first-order valence-corrected chi connectivity index (χ1v) is 6.76. The van der Waals surface area contributed by atoms with Gasteiger partial charge in [-0.05, 0) is 30.2 Å². The minimum absolute atomic E-state index is 0.0112. The van der Waals surface area contributed by atoms with Gasteiger partial charge in [-0.1, -0.05) is 0 Å². The molecule has 1 aliphatic heterocycles. The Morgan fingerprint density at radius 1 is 1.32 bits per heavy atom. The second-order valence-corrected chi connectivity index (χ2v) is 5.44. The third kappa shape index (κ3) is 2.26. The fourth-order valence-corrected chi connectivity index (χ4v) is 2.73. The van der Waals surface area contributed by atoms with Crippen LogP contribution in [0.15, 0.2) is 30.9 Å². The van der Waals surface area contributed by atoms with E-state index < -0.39 is 11.7 Å². The predicted molar refractivity (Wildman–Crippen MR) is 73.3 cm³/mol. The summed E-state index contributed by atoms with van der Waals surface area (Å²) < 4.78 is 41.7. The zero-order chi connectivity index (χ0) is 16.1. The Bertz CT molecular complexity index is 722. The highest BCUT2D eigenvalue weighted by atomic mass is 19.4. The number of aromatic nitrogens is 2. The molecule has 1 aromatic heterocycles. The Hall–Kier alpha value is -2.31. The van der Waals surface area contributed by atoms with Crippen molar-refractivity contribution in [3.05, 3.63) is 53.1 Å².